The van der Waals surface area contributed by atoms with Gasteiger partial charge in [-0.2, -0.15) is 0 Å². The van der Waals surface area contributed by atoms with Gasteiger partial charge in [-0.3, -0.25) is 0 Å². The van der Waals surface area contributed by atoms with Gasteiger partial charge in [0.05, 0.1) is 0 Å². The third kappa shape index (κ3) is 4.65. The van der Waals surface area contributed by atoms with E-state index < -0.39 is 17.5 Å². The third-order valence-electron chi connectivity index (χ3n) is 0.768. The Morgan fingerprint density at radius 3 is 1.64 bits per heavy atom. The van der Waals surface area contributed by atoms with Gasteiger partial charge in [0.1, 0.15) is 0 Å². The topological polar surface area (TPSA) is 0 Å². The minimum atomic E-state index is -1.02. The van der Waals surface area contributed by atoms with E-state index in [-0.39, 0.29) is 40.0 Å². The average molecular weight is 235 g/mol. The Morgan fingerprint density at radius 1 is 1.00 bits per heavy atom. The van der Waals surface area contributed by atoms with Gasteiger partial charge >= 0.3 is 23.1 Å². The molecule has 1 aromatic carbocycles. The zero-order valence-electron chi connectivity index (χ0n) is 5.37. The van der Waals surface area contributed by atoms with E-state index in [0.29, 0.717) is 12.1 Å². The normalized spacial score (nSPS) is 7.91. The molecule has 0 unspecified atom stereocenters. The Balaban J connectivity index is 0. The minimum absolute atomic E-state index is 0. The molecule has 0 aliphatic carbocycles. The minimum Gasteiger partial charge on any atom is -1.00 e. The summed E-state index contributed by atoms with van der Waals surface area (Å²) in [5, 5.41) is 0. The van der Waals surface area contributed by atoms with Crippen LogP contribution >= 0.6 is 0 Å². The van der Waals surface area contributed by atoms with E-state index in [1.54, 1.807) is 6.07 Å². The van der Waals surface area contributed by atoms with Crippen LogP contribution in [0.15, 0.2) is 12.1 Å². The van der Waals surface area contributed by atoms with Crippen molar-refractivity contribution in [1.29, 1.82) is 0 Å². The molecule has 5 heteroatoms. The number of hydrogen-bond donors (Lipinski definition) is 0. The van der Waals surface area contributed by atoms with Crippen molar-refractivity contribution in [3.05, 3.63) is 35.7 Å². The first-order valence-corrected chi connectivity index (χ1v) is 2.22. The predicted molar refractivity (Wildman–Crippen MR) is 30.9 cm³/mol. The van der Waals surface area contributed by atoms with Crippen LogP contribution in [0.5, 0.6) is 0 Å². The summed E-state index contributed by atoms with van der Waals surface area (Å²) in [4.78, 5) is 0. The Kier molecular flexibility index (Phi) is 7.35. The van der Waals surface area contributed by atoms with Gasteiger partial charge in [-0.1, -0.05) is 0 Å². The van der Waals surface area contributed by atoms with Gasteiger partial charge in [0.15, 0.2) is 0 Å². The van der Waals surface area contributed by atoms with E-state index in [2.05, 4.69) is 0 Å². The van der Waals surface area contributed by atoms with Crippen LogP contribution in [0.3, 0.4) is 0 Å². The van der Waals surface area contributed by atoms with Gasteiger partial charge in [-0.05, 0) is 0 Å². The van der Waals surface area contributed by atoms with Crippen LogP contribution in [0.1, 0.15) is 0 Å². The van der Waals surface area contributed by atoms with Crippen molar-refractivity contribution in [1.82, 2.24) is 0 Å². The van der Waals surface area contributed by atoms with Crippen LogP contribution in [-0.2, 0) is 0 Å². The second-order valence-electron chi connectivity index (χ2n) is 1.49. The van der Waals surface area contributed by atoms with Crippen LogP contribution in [0.4, 0.5) is 13.2 Å². The molecule has 0 fully saturated rings. The second kappa shape index (κ2) is 5.85. The summed E-state index contributed by atoms with van der Waals surface area (Å²) in [5.74, 6) is -2.97. The van der Waals surface area contributed by atoms with Crippen molar-refractivity contribution in [2.75, 3.05) is 0 Å². The zero-order chi connectivity index (χ0) is 6.85. The number of hydrogen-bond acceptors (Lipinski definition) is 0. The first kappa shape index (κ1) is 13.8. The Bertz CT molecular complexity index is 179. The summed E-state index contributed by atoms with van der Waals surface area (Å²) < 4.78 is 35.7. The molecule has 0 saturated heterocycles. The largest absolute Gasteiger partial charge is 2.00 e. The van der Waals surface area contributed by atoms with Crippen molar-refractivity contribution >= 4 is 23.1 Å². The molecule has 0 aliphatic rings. The maximum Gasteiger partial charge on any atom is 2.00 e. The van der Waals surface area contributed by atoms with Crippen LogP contribution in [0.2, 0.25) is 0 Å². The van der Waals surface area contributed by atoms with E-state index in [0.717, 1.165) is 0 Å². The molecule has 0 N–H and O–H groups in total. The Labute approximate surface area is 88.7 Å². The molecule has 56 valence electrons. The zero-order valence-corrected chi connectivity index (χ0v) is 8.37. The molecular weight excluding hydrogens is 233 g/mol. The van der Waals surface area contributed by atoms with E-state index in [1.807, 2.05) is 0 Å². The second-order valence-corrected chi connectivity index (χ2v) is 1.49. The molecule has 1 rings (SSSR count). The van der Waals surface area contributed by atoms with Crippen LogP contribution < -0.4 is 17.0 Å². The fourth-order valence-electron chi connectivity index (χ4n) is 0.470. The number of rotatable bonds is 0. The van der Waals surface area contributed by atoms with E-state index in [9.17, 15) is 13.2 Å². The molecule has 0 heterocycles. The molecule has 0 atom stereocenters. The summed E-state index contributed by atoms with van der Waals surface area (Å²) >= 11 is 0. The van der Waals surface area contributed by atoms with Crippen molar-refractivity contribution in [2.24, 2.45) is 0 Å². The summed E-state index contributed by atoms with van der Waals surface area (Å²) in [6.07, 6.45) is 0. The summed E-state index contributed by atoms with van der Waals surface area (Å²) in [6.45, 7) is 0. The third-order valence-corrected chi connectivity index (χ3v) is 0.768. The van der Waals surface area contributed by atoms with Gasteiger partial charge in [-0.15, -0.1) is 18.2 Å². The van der Waals surface area contributed by atoms with Crippen LogP contribution in [-0.4, -0.2) is 23.1 Å². The number of benzene rings is 1. The molecular formula is C6H2BrF3Mg. The molecule has 0 nitrogen and oxygen atoms in total. The first-order chi connectivity index (χ1) is 4.18. The summed E-state index contributed by atoms with van der Waals surface area (Å²) in [6, 6.07) is 2.75. The van der Waals surface area contributed by atoms with Crippen molar-refractivity contribution < 1.29 is 30.2 Å². The molecule has 0 saturated carbocycles. The van der Waals surface area contributed by atoms with Crippen molar-refractivity contribution in [3.8, 4) is 0 Å². The Hall–Kier alpha value is 0.256. The fourth-order valence-corrected chi connectivity index (χ4v) is 0.470. The summed E-state index contributed by atoms with van der Waals surface area (Å²) in [5.41, 5.74) is 0. The molecule has 0 aliphatic heterocycles. The Morgan fingerprint density at radius 2 is 1.36 bits per heavy atom. The fraction of sp³-hybridized carbons (Fsp3) is 0. The van der Waals surface area contributed by atoms with Crippen molar-refractivity contribution in [2.45, 2.75) is 0 Å². The van der Waals surface area contributed by atoms with Crippen LogP contribution in [0, 0.1) is 23.5 Å². The predicted octanol–water partition coefficient (Wildman–Crippen LogP) is -1.47. The van der Waals surface area contributed by atoms with Crippen molar-refractivity contribution in [3.63, 3.8) is 0 Å². The van der Waals surface area contributed by atoms with Gasteiger partial charge in [-0.25, -0.2) is 13.2 Å². The van der Waals surface area contributed by atoms with E-state index in [4.69, 9.17) is 0 Å². The molecule has 0 bridgehead atoms. The molecule has 0 spiro atoms. The molecule has 0 aromatic heterocycles. The SMILES string of the molecule is Fc1[c-]c(F)cc(F)c1.[Br-].[Mg+2]. The quantitative estimate of drug-likeness (QED) is 0.380. The van der Waals surface area contributed by atoms with E-state index >= 15 is 0 Å². The van der Waals surface area contributed by atoms with Crippen LogP contribution in [0.25, 0.3) is 0 Å². The van der Waals surface area contributed by atoms with E-state index in [1.165, 1.54) is 0 Å². The summed E-state index contributed by atoms with van der Waals surface area (Å²) in [7, 11) is 0. The van der Waals surface area contributed by atoms with Gasteiger partial charge in [0.2, 0.25) is 0 Å². The standard InChI is InChI=1S/C6H2F3.BrH.Mg/c7-4-1-5(8)3-6(9)2-4;;/h1-2H;1H;/q-1;;+2/p-1. The monoisotopic (exact) mass is 234 g/mol. The molecule has 11 heavy (non-hydrogen) atoms. The number of halogens is 4. The molecule has 0 amide bonds. The average Bonchev–Trinajstić information content (AvgIpc) is 1.59. The molecule has 1 aromatic rings. The smallest absolute Gasteiger partial charge is 1.00 e. The van der Waals surface area contributed by atoms with Gasteiger partial charge < -0.3 is 17.0 Å². The maximum absolute atomic E-state index is 11.9. The maximum atomic E-state index is 11.9. The van der Waals surface area contributed by atoms with Gasteiger partial charge in [0, 0.05) is 17.5 Å². The van der Waals surface area contributed by atoms with Gasteiger partial charge in [0.25, 0.3) is 0 Å². The molecule has 0 radical (unpaired) electrons. The first-order valence-electron chi connectivity index (χ1n) is 2.22.